The van der Waals surface area contributed by atoms with Gasteiger partial charge in [-0.25, -0.2) is 5.84 Å². The Morgan fingerprint density at radius 1 is 1.13 bits per heavy atom. The number of nitrogens with two attached hydrogens (primary N) is 1. The van der Waals surface area contributed by atoms with Crippen LogP contribution in [0.1, 0.15) is 6.42 Å². The van der Waals surface area contributed by atoms with Crippen molar-refractivity contribution in [1.82, 2.24) is 10.3 Å². The summed E-state index contributed by atoms with van der Waals surface area (Å²) < 4.78 is 10.5. The molecule has 1 heterocycles. The van der Waals surface area contributed by atoms with E-state index in [1.165, 1.54) is 0 Å². The van der Waals surface area contributed by atoms with Gasteiger partial charge in [-0.15, -0.1) is 0 Å². The largest absolute Gasteiger partial charge is 0.493 e. The molecule has 1 saturated heterocycles. The molecule has 0 spiro atoms. The van der Waals surface area contributed by atoms with Crippen LogP contribution in [0.15, 0.2) is 18.2 Å². The highest BCUT2D eigenvalue weighted by Gasteiger charge is 2.23. The summed E-state index contributed by atoms with van der Waals surface area (Å²) in [5.74, 6) is 5.66. The molecule has 1 aromatic carbocycles. The molecule has 0 radical (unpaired) electrons. The Morgan fingerprint density at radius 3 is 2.35 bits per heavy atom. The number of nitrogens with zero attached hydrogens (tertiary/aromatic N) is 2. The van der Waals surface area contributed by atoms with Crippen molar-refractivity contribution in [2.24, 2.45) is 5.84 Å². The van der Waals surface area contributed by atoms with E-state index in [9.17, 15) is 9.59 Å². The monoisotopic (exact) mass is 322 g/mol. The van der Waals surface area contributed by atoms with E-state index in [2.05, 4.69) is 4.90 Å². The molecule has 23 heavy (non-hydrogen) atoms. The van der Waals surface area contributed by atoms with E-state index in [1.807, 2.05) is 23.6 Å². The quantitative estimate of drug-likeness (QED) is 0.335. The first-order valence-corrected chi connectivity index (χ1v) is 7.33. The van der Waals surface area contributed by atoms with Gasteiger partial charge < -0.3 is 19.3 Å². The first-order chi connectivity index (χ1) is 11.1. The molecule has 126 valence electrons. The maximum absolute atomic E-state index is 11.9. The minimum Gasteiger partial charge on any atom is -0.493 e. The van der Waals surface area contributed by atoms with Crippen molar-refractivity contribution in [2.45, 2.75) is 6.42 Å². The number of carbonyl (C=O) groups is 2. The normalized spacial score (nSPS) is 14.4. The molecule has 0 atom stereocenters. The average Bonchev–Trinajstić information content (AvgIpc) is 2.60. The van der Waals surface area contributed by atoms with Gasteiger partial charge >= 0.3 is 0 Å². The van der Waals surface area contributed by atoms with Crippen LogP contribution in [0.3, 0.4) is 0 Å². The molecule has 0 saturated carbocycles. The number of hydrogen-bond acceptors (Lipinski definition) is 6. The number of nitrogens with one attached hydrogen (secondary N) is 1. The van der Waals surface area contributed by atoms with Gasteiger partial charge in [-0.1, -0.05) is 0 Å². The fraction of sp³-hybridized carbons (Fsp3) is 0.467. The molecule has 1 fully saturated rings. The van der Waals surface area contributed by atoms with Crippen molar-refractivity contribution in [2.75, 3.05) is 45.3 Å². The van der Waals surface area contributed by atoms with Gasteiger partial charge in [-0.2, -0.15) is 0 Å². The molecular weight excluding hydrogens is 300 g/mol. The lowest BCUT2D eigenvalue weighted by molar-refractivity contribution is -0.136. The van der Waals surface area contributed by atoms with Crippen molar-refractivity contribution in [3.8, 4) is 11.5 Å². The summed E-state index contributed by atoms with van der Waals surface area (Å²) in [5, 5.41) is 0. The van der Waals surface area contributed by atoms with Crippen LogP contribution in [-0.4, -0.2) is 57.1 Å². The van der Waals surface area contributed by atoms with Crippen molar-refractivity contribution in [1.29, 1.82) is 0 Å². The molecule has 1 aliphatic heterocycles. The fourth-order valence-corrected chi connectivity index (χ4v) is 2.54. The third kappa shape index (κ3) is 4.04. The number of hydrazine groups is 1. The Bertz CT molecular complexity index is 571. The van der Waals surface area contributed by atoms with Gasteiger partial charge in [-0.05, 0) is 12.1 Å². The molecule has 8 nitrogen and oxygen atoms in total. The molecule has 1 aromatic rings. The summed E-state index contributed by atoms with van der Waals surface area (Å²) in [6, 6.07) is 5.73. The molecule has 3 N–H and O–H groups in total. The van der Waals surface area contributed by atoms with Crippen LogP contribution >= 0.6 is 0 Å². The Kier molecular flexibility index (Phi) is 5.64. The van der Waals surface area contributed by atoms with E-state index in [0.29, 0.717) is 37.7 Å². The fourth-order valence-electron chi connectivity index (χ4n) is 2.54. The van der Waals surface area contributed by atoms with E-state index in [1.54, 1.807) is 19.1 Å². The molecule has 1 aliphatic rings. The van der Waals surface area contributed by atoms with Crippen LogP contribution in [0.2, 0.25) is 0 Å². The second kappa shape index (κ2) is 7.68. The zero-order valence-corrected chi connectivity index (χ0v) is 13.4. The molecule has 0 bridgehead atoms. The van der Waals surface area contributed by atoms with Crippen LogP contribution in [0.25, 0.3) is 0 Å². The van der Waals surface area contributed by atoms with Crippen molar-refractivity contribution >= 4 is 17.5 Å². The van der Waals surface area contributed by atoms with Crippen molar-refractivity contribution in [3.63, 3.8) is 0 Å². The number of anilines is 1. The number of hydrogen-bond donors (Lipinski definition) is 2. The number of piperazine rings is 1. The third-order valence-electron chi connectivity index (χ3n) is 3.84. The Labute approximate surface area is 135 Å². The summed E-state index contributed by atoms with van der Waals surface area (Å²) in [4.78, 5) is 26.9. The number of benzene rings is 1. The highest BCUT2D eigenvalue weighted by Crippen LogP contribution is 2.31. The number of methoxy groups -OCH3 is 2. The molecule has 2 amide bonds. The molecule has 2 rings (SSSR count). The van der Waals surface area contributed by atoms with Crippen LogP contribution in [0.4, 0.5) is 5.69 Å². The first-order valence-electron chi connectivity index (χ1n) is 7.33. The second-order valence-corrected chi connectivity index (χ2v) is 5.15. The van der Waals surface area contributed by atoms with E-state index in [0.717, 1.165) is 5.69 Å². The highest BCUT2D eigenvalue weighted by atomic mass is 16.5. The third-order valence-corrected chi connectivity index (χ3v) is 3.84. The summed E-state index contributed by atoms with van der Waals surface area (Å²) in [6.07, 6.45) is -0.215. The second-order valence-electron chi connectivity index (χ2n) is 5.15. The first kappa shape index (κ1) is 16.9. The Hall–Kier alpha value is -2.48. The molecule has 0 aliphatic carbocycles. The summed E-state index contributed by atoms with van der Waals surface area (Å²) in [5.41, 5.74) is 2.98. The van der Waals surface area contributed by atoms with Crippen LogP contribution in [-0.2, 0) is 9.59 Å². The van der Waals surface area contributed by atoms with Gasteiger partial charge in [0.15, 0.2) is 11.5 Å². The smallest absolute Gasteiger partial charge is 0.243 e. The molecule has 0 unspecified atom stereocenters. The summed E-state index contributed by atoms with van der Waals surface area (Å²) >= 11 is 0. The number of rotatable bonds is 5. The van der Waals surface area contributed by atoms with E-state index >= 15 is 0 Å². The standard InChI is InChI=1S/C15H22N4O4/c1-22-12-4-3-11(9-13(12)23-2)18-5-7-19(8-6-18)15(21)10-14(20)17-16/h3-4,9H,5-8,10,16H2,1-2H3,(H,17,20). The summed E-state index contributed by atoms with van der Waals surface area (Å²) in [6.45, 7) is 2.49. The van der Waals surface area contributed by atoms with Crippen LogP contribution < -0.4 is 25.6 Å². The minimum atomic E-state index is -0.475. The van der Waals surface area contributed by atoms with Gasteiger partial charge in [0.2, 0.25) is 11.8 Å². The van der Waals surface area contributed by atoms with E-state index < -0.39 is 5.91 Å². The Morgan fingerprint density at radius 2 is 1.78 bits per heavy atom. The number of amides is 2. The van der Waals surface area contributed by atoms with Crippen LogP contribution in [0, 0.1) is 0 Å². The maximum atomic E-state index is 11.9. The lowest BCUT2D eigenvalue weighted by Crippen LogP contribution is -2.49. The SMILES string of the molecule is COc1ccc(N2CCN(C(=O)CC(=O)NN)CC2)cc1OC. The van der Waals surface area contributed by atoms with Gasteiger partial charge in [0, 0.05) is 37.9 Å². The van der Waals surface area contributed by atoms with Crippen molar-refractivity contribution < 1.29 is 19.1 Å². The lowest BCUT2D eigenvalue weighted by atomic mass is 10.2. The van der Waals surface area contributed by atoms with E-state index in [4.69, 9.17) is 15.3 Å². The topological polar surface area (TPSA) is 97.1 Å². The zero-order chi connectivity index (χ0) is 16.8. The van der Waals surface area contributed by atoms with Crippen molar-refractivity contribution in [3.05, 3.63) is 18.2 Å². The molecule has 0 aromatic heterocycles. The molecule has 8 heteroatoms. The van der Waals surface area contributed by atoms with Gasteiger partial charge in [0.1, 0.15) is 6.42 Å². The van der Waals surface area contributed by atoms with Gasteiger partial charge in [0.25, 0.3) is 0 Å². The molecular formula is C15H22N4O4. The predicted octanol–water partition coefficient (Wildman–Crippen LogP) is -0.268. The predicted molar refractivity (Wildman–Crippen MR) is 85.3 cm³/mol. The lowest BCUT2D eigenvalue weighted by Gasteiger charge is -2.36. The van der Waals surface area contributed by atoms with Crippen LogP contribution in [0.5, 0.6) is 11.5 Å². The summed E-state index contributed by atoms with van der Waals surface area (Å²) in [7, 11) is 3.19. The highest BCUT2D eigenvalue weighted by molar-refractivity contribution is 5.96. The average molecular weight is 322 g/mol. The number of ether oxygens (including phenoxy) is 2. The number of carbonyl (C=O) groups excluding carboxylic acids is 2. The minimum absolute atomic E-state index is 0.208. The van der Waals surface area contributed by atoms with Gasteiger partial charge in [-0.3, -0.25) is 15.0 Å². The zero-order valence-electron chi connectivity index (χ0n) is 13.4. The van der Waals surface area contributed by atoms with Gasteiger partial charge in [0.05, 0.1) is 14.2 Å². The van der Waals surface area contributed by atoms with E-state index in [-0.39, 0.29) is 12.3 Å². The maximum Gasteiger partial charge on any atom is 0.243 e. The Balaban J connectivity index is 1.96.